The summed E-state index contributed by atoms with van der Waals surface area (Å²) in [4.78, 5) is 15.1. The van der Waals surface area contributed by atoms with Gasteiger partial charge >= 0.3 is 0 Å². The number of aryl methyl sites for hydroxylation is 2. The number of carbonyl (C=O) groups excluding carboxylic acids is 1. The number of hydrogen-bond acceptors (Lipinski definition) is 4. The quantitative estimate of drug-likeness (QED) is 0.905. The Labute approximate surface area is 148 Å². The van der Waals surface area contributed by atoms with Crippen molar-refractivity contribution in [2.24, 2.45) is 11.8 Å². The standard InChI is InChI=1S/C19H26N4O2/c1-13-18(14(2)25-21-13)12-22-9-16(19(24)20-8-15-5-6-15)10-23-7-3-4-17(23)11-22/h3-4,7,15-16H,5-6,8-12H2,1-2H3,(H,20,24). The van der Waals surface area contributed by atoms with Gasteiger partial charge in [0.2, 0.25) is 5.91 Å². The maximum Gasteiger partial charge on any atom is 0.226 e. The van der Waals surface area contributed by atoms with Crippen LogP contribution in [0.4, 0.5) is 0 Å². The lowest BCUT2D eigenvalue weighted by molar-refractivity contribution is -0.126. The molecule has 1 fully saturated rings. The smallest absolute Gasteiger partial charge is 0.226 e. The van der Waals surface area contributed by atoms with E-state index in [0.29, 0.717) is 5.92 Å². The highest BCUT2D eigenvalue weighted by atomic mass is 16.5. The second-order valence-electron chi connectivity index (χ2n) is 7.51. The van der Waals surface area contributed by atoms with E-state index in [1.165, 1.54) is 18.5 Å². The molecule has 1 N–H and O–H groups in total. The van der Waals surface area contributed by atoms with E-state index in [-0.39, 0.29) is 11.8 Å². The number of carbonyl (C=O) groups is 1. The summed E-state index contributed by atoms with van der Waals surface area (Å²) in [6.07, 6.45) is 4.59. The topological polar surface area (TPSA) is 63.3 Å². The van der Waals surface area contributed by atoms with Crippen LogP contribution in [0, 0.1) is 25.7 Å². The second kappa shape index (κ2) is 6.67. The molecule has 1 aliphatic heterocycles. The van der Waals surface area contributed by atoms with E-state index >= 15 is 0 Å². The van der Waals surface area contributed by atoms with Crippen LogP contribution in [0.5, 0.6) is 0 Å². The van der Waals surface area contributed by atoms with Gasteiger partial charge in [-0.05, 0) is 44.7 Å². The van der Waals surface area contributed by atoms with Crippen LogP contribution < -0.4 is 5.32 Å². The van der Waals surface area contributed by atoms with Gasteiger partial charge in [-0.25, -0.2) is 0 Å². The van der Waals surface area contributed by atoms with Crippen molar-refractivity contribution in [3.05, 3.63) is 41.0 Å². The molecular formula is C19H26N4O2. The number of hydrogen-bond donors (Lipinski definition) is 1. The molecule has 0 spiro atoms. The van der Waals surface area contributed by atoms with Crippen molar-refractivity contribution in [3.8, 4) is 0 Å². The van der Waals surface area contributed by atoms with E-state index in [2.05, 4.69) is 38.3 Å². The van der Waals surface area contributed by atoms with Gasteiger partial charge < -0.3 is 14.4 Å². The highest BCUT2D eigenvalue weighted by Gasteiger charge is 2.29. The van der Waals surface area contributed by atoms with Crippen LogP contribution in [-0.2, 0) is 24.4 Å². The van der Waals surface area contributed by atoms with Gasteiger partial charge in [0.15, 0.2) is 0 Å². The zero-order chi connectivity index (χ0) is 17.4. The molecule has 2 aromatic rings. The summed E-state index contributed by atoms with van der Waals surface area (Å²) in [5.41, 5.74) is 3.33. The van der Waals surface area contributed by atoms with E-state index in [4.69, 9.17) is 4.52 Å². The number of aromatic nitrogens is 2. The Morgan fingerprint density at radius 2 is 2.20 bits per heavy atom. The Kier molecular flexibility index (Phi) is 4.37. The van der Waals surface area contributed by atoms with Crippen molar-refractivity contribution in [2.45, 2.75) is 46.3 Å². The first-order valence-electron chi connectivity index (χ1n) is 9.16. The van der Waals surface area contributed by atoms with Crippen LogP contribution in [-0.4, -0.2) is 33.6 Å². The molecule has 0 saturated heterocycles. The normalized spacial score (nSPS) is 21.0. The third-order valence-corrected chi connectivity index (χ3v) is 5.40. The summed E-state index contributed by atoms with van der Waals surface area (Å²) in [5, 5.41) is 7.22. The summed E-state index contributed by atoms with van der Waals surface area (Å²) in [5.74, 6) is 1.72. The third kappa shape index (κ3) is 3.63. The van der Waals surface area contributed by atoms with Crippen LogP contribution in [0.25, 0.3) is 0 Å². The Morgan fingerprint density at radius 1 is 1.36 bits per heavy atom. The van der Waals surface area contributed by atoms with Gasteiger partial charge in [0.1, 0.15) is 5.76 Å². The van der Waals surface area contributed by atoms with Gasteiger partial charge in [0, 0.05) is 50.2 Å². The van der Waals surface area contributed by atoms with Crippen LogP contribution in [0.1, 0.15) is 35.6 Å². The number of amides is 1. The van der Waals surface area contributed by atoms with Crippen molar-refractivity contribution >= 4 is 5.91 Å². The summed E-state index contributed by atoms with van der Waals surface area (Å²) in [6, 6.07) is 4.21. The molecule has 1 saturated carbocycles. The molecular weight excluding hydrogens is 316 g/mol. The first kappa shape index (κ1) is 16.4. The molecule has 6 nitrogen and oxygen atoms in total. The fourth-order valence-corrected chi connectivity index (χ4v) is 3.62. The fraction of sp³-hybridized carbons (Fsp3) is 0.579. The molecule has 25 heavy (non-hydrogen) atoms. The van der Waals surface area contributed by atoms with Crippen LogP contribution in [0.15, 0.2) is 22.9 Å². The number of rotatable bonds is 5. The molecule has 1 aliphatic carbocycles. The lowest BCUT2D eigenvalue weighted by Gasteiger charge is -2.23. The molecule has 4 rings (SSSR count). The molecule has 2 aliphatic rings. The maximum atomic E-state index is 12.7. The molecule has 1 atom stereocenters. The maximum absolute atomic E-state index is 12.7. The van der Waals surface area contributed by atoms with Gasteiger partial charge in [-0.3, -0.25) is 9.69 Å². The van der Waals surface area contributed by atoms with Crippen LogP contribution in [0.3, 0.4) is 0 Å². The van der Waals surface area contributed by atoms with Crippen molar-refractivity contribution in [2.75, 3.05) is 13.1 Å². The predicted octanol–water partition coefficient (Wildman–Crippen LogP) is 2.25. The van der Waals surface area contributed by atoms with Gasteiger partial charge in [0.05, 0.1) is 11.6 Å². The molecule has 0 aromatic carbocycles. The lowest BCUT2D eigenvalue weighted by Crippen LogP contribution is -2.39. The zero-order valence-corrected chi connectivity index (χ0v) is 15.0. The molecule has 1 unspecified atom stereocenters. The Hall–Kier alpha value is -2.08. The van der Waals surface area contributed by atoms with Crippen molar-refractivity contribution in [1.29, 1.82) is 0 Å². The highest BCUT2D eigenvalue weighted by Crippen LogP contribution is 2.28. The van der Waals surface area contributed by atoms with E-state index in [0.717, 1.165) is 49.7 Å². The number of nitrogens with zero attached hydrogens (tertiary/aromatic N) is 3. The zero-order valence-electron chi connectivity index (χ0n) is 15.0. The van der Waals surface area contributed by atoms with Crippen LogP contribution >= 0.6 is 0 Å². The molecule has 0 radical (unpaired) electrons. The molecule has 1 amide bonds. The molecule has 3 heterocycles. The average Bonchev–Trinajstić information content (AvgIpc) is 3.30. The minimum Gasteiger partial charge on any atom is -0.361 e. The number of fused-ring (bicyclic) bond motifs is 1. The Bertz CT molecular complexity index is 740. The van der Waals surface area contributed by atoms with E-state index in [1.807, 2.05) is 13.8 Å². The SMILES string of the molecule is Cc1noc(C)c1CN1Cc2cccn2CC(C(=O)NCC2CC2)C1. The predicted molar refractivity (Wildman–Crippen MR) is 93.7 cm³/mol. The minimum absolute atomic E-state index is 0.0344. The van der Waals surface area contributed by atoms with Gasteiger partial charge in [-0.15, -0.1) is 0 Å². The molecule has 6 heteroatoms. The highest BCUT2D eigenvalue weighted by molar-refractivity contribution is 5.78. The Morgan fingerprint density at radius 3 is 2.92 bits per heavy atom. The molecule has 0 bridgehead atoms. The first-order valence-corrected chi connectivity index (χ1v) is 9.16. The molecule has 134 valence electrons. The van der Waals surface area contributed by atoms with Crippen molar-refractivity contribution < 1.29 is 9.32 Å². The molecule has 2 aromatic heterocycles. The second-order valence-corrected chi connectivity index (χ2v) is 7.51. The van der Waals surface area contributed by atoms with Crippen LogP contribution in [0.2, 0.25) is 0 Å². The summed E-state index contributed by atoms with van der Waals surface area (Å²) in [6.45, 7) is 7.86. The van der Waals surface area contributed by atoms with Gasteiger partial charge in [0.25, 0.3) is 0 Å². The van der Waals surface area contributed by atoms with Crippen molar-refractivity contribution in [3.63, 3.8) is 0 Å². The number of nitrogens with one attached hydrogen (secondary N) is 1. The third-order valence-electron chi connectivity index (χ3n) is 5.40. The van der Waals surface area contributed by atoms with Gasteiger partial charge in [-0.1, -0.05) is 5.16 Å². The average molecular weight is 342 g/mol. The fourth-order valence-electron chi connectivity index (χ4n) is 3.62. The largest absolute Gasteiger partial charge is 0.361 e. The summed E-state index contributed by atoms with van der Waals surface area (Å²) in [7, 11) is 0. The summed E-state index contributed by atoms with van der Waals surface area (Å²) < 4.78 is 7.52. The van der Waals surface area contributed by atoms with E-state index < -0.39 is 0 Å². The van der Waals surface area contributed by atoms with Gasteiger partial charge in [-0.2, -0.15) is 0 Å². The lowest BCUT2D eigenvalue weighted by atomic mass is 10.1. The minimum atomic E-state index is -0.0344. The van der Waals surface area contributed by atoms with Crippen molar-refractivity contribution in [1.82, 2.24) is 19.9 Å². The summed E-state index contributed by atoms with van der Waals surface area (Å²) >= 11 is 0. The van der Waals surface area contributed by atoms with E-state index in [1.54, 1.807) is 0 Å². The Balaban J connectivity index is 1.51. The monoisotopic (exact) mass is 342 g/mol. The first-order chi connectivity index (χ1) is 12.1. The van der Waals surface area contributed by atoms with E-state index in [9.17, 15) is 4.79 Å².